The van der Waals surface area contributed by atoms with E-state index in [1.807, 2.05) is 16.0 Å². The van der Waals surface area contributed by atoms with Gasteiger partial charge >= 0.3 is 5.97 Å². The average Bonchev–Trinajstić information content (AvgIpc) is 3.01. The molecule has 0 amide bonds. The summed E-state index contributed by atoms with van der Waals surface area (Å²) in [6.07, 6.45) is 5.09. The predicted octanol–water partition coefficient (Wildman–Crippen LogP) is 0.883. The van der Waals surface area contributed by atoms with E-state index in [1.54, 1.807) is 6.20 Å². The number of imidazole rings is 1. The predicted molar refractivity (Wildman–Crippen MR) is 78.0 cm³/mol. The van der Waals surface area contributed by atoms with Crippen LogP contribution in [0.2, 0.25) is 0 Å². The molecule has 0 radical (unpaired) electrons. The molecule has 0 spiro atoms. The lowest BCUT2D eigenvalue weighted by Crippen LogP contribution is -2.24. The monoisotopic (exact) mass is 304 g/mol. The Hall–Kier alpha value is -2.61. The number of aromatic nitrogens is 3. The smallest absolute Gasteiger partial charge is 0.326 e. The van der Waals surface area contributed by atoms with E-state index in [4.69, 9.17) is 10.5 Å². The molecule has 0 aromatic carbocycles. The zero-order valence-electron chi connectivity index (χ0n) is 10.9. The second-order valence-corrected chi connectivity index (χ2v) is 5.29. The van der Waals surface area contributed by atoms with Gasteiger partial charge in [-0.3, -0.25) is 14.0 Å². The van der Waals surface area contributed by atoms with Crippen LogP contribution < -0.4 is 11.3 Å². The largest absolute Gasteiger partial charge is 0.458 e. The van der Waals surface area contributed by atoms with Crippen molar-refractivity contribution < 1.29 is 9.53 Å². The standard InChI is InChI=1S/C13H12N4O3S/c14-9-1-2-11(18)17(5-9)7-12(19)20-8-10-6-16-3-4-21-13(16)15-10/h1-6H,7-8,14H2. The summed E-state index contributed by atoms with van der Waals surface area (Å²) in [5, 5.41) is 1.92. The highest BCUT2D eigenvalue weighted by Gasteiger charge is 2.09. The van der Waals surface area contributed by atoms with Crippen molar-refractivity contribution in [1.82, 2.24) is 14.0 Å². The molecule has 0 bridgehead atoms. The molecule has 8 heteroatoms. The zero-order valence-corrected chi connectivity index (χ0v) is 11.7. The third kappa shape index (κ3) is 2.95. The van der Waals surface area contributed by atoms with Crippen molar-refractivity contribution in [1.29, 1.82) is 0 Å². The first-order valence-corrected chi connectivity index (χ1v) is 7.02. The number of ether oxygens (including phenoxy) is 1. The minimum Gasteiger partial charge on any atom is -0.458 e. The number of pyridine rings is 1. The van der Waals surface area contributed by atoms with Gasteiger partial charge in [0.1, 0.15) is 13.2 Å². The van der Waals surface area contributed by atoms with Crippen molar-refractivity contribution in [3.8, 4) is 0 Å². The second-order valence-electron chi connectivity index (χ2n) is 4.41. The van der Waals surface area contributed by atoms with Crippen molar-refractivity contribution in [2.45, 2.75) is 13.2 Å². The van der Waals surface area contributed by atoms with E-state index in [-0.39, 0.29) is 18.7 Å². The average molecular weight is 304 g/mol. The van der Waals surface area contributed by atoms with Crippen LogP contribution in [-0.4, -0.2) is 19.9 Å². The molecule has 21 heavy (non-hydrogen) atoms. The number of nitrogens with two attached hydrogens (primary N) is 1. The Balaban J connectivity index is 1.62. The number of fused-ring (bicyclic) bond motifs is 1. The van der Waals surface area contributed by atoms with Gasteiger partial charge in [0.15, 0.2) is 4.96 Å². The second kappa shape index (κ2) is 5.41. The Kier molecular flexibility index (Phi) is 3.44. The zero-order chi connectivity index (χ0) is 14.8. The fourth-order valence-corrected chi connectivity index (χ4v) is 2.58. The van der Waals surface area contributed by atoms with E-state index in [0.29, 0.717) is 11.4 Å². The van der Waals surface area contributed by atoms with Gasteiger partial charge in [0.25, 0.3) is 5.56 Å². The van der Waals surface area contributed by atoms with Gasteiger partial charge in [-0.2, -0.15) is 0 Å². The maximum absolute atomic E-state index is 11.7. The van der Waals surface area contributed by atoms with Crippen LogP contribution in [0.15, 0.2) is 40.9 Å². The summed E-state index contributed by atoms with van der Waals surface area (Å²) in [6.45, 7) is -0.101. The number of rotatable bonds is 4. The van der Waals surface area contributed by atoms with Crippen LogP contribution in [0.5, 0.6) is 0 Å². The van der Waals surface area contributed by atoms with Gasteiger partial charge in [0.05, 0.1) is 5.69 Å². The van der Waals surface area contributed by atoms with Crippen molar-refractivity contribution in [2.24, 2.45) is 0 Å². The third-order valence-corrected chi connectivity index (χ3v) is 3.60. The molecular formula is C13H12N4O3S. The molecule has 0 aliphatic carbocycles. The van der Waals surface area contributed by atoms with Gasteiger partial charge in [-0.15, -0.1) is 11.3 Å². The molecule has 3 aromatic heterocycles. The molecule has 7 nitrogen and oxygen atoms in total. The highest BCUT2D eigenvalue weighted by Crippen LogP contribution is 2.12. The summed E-state index contributed by atoms with van der Waals surface area (Å²) >= 11 is 1.50. The van der Waals surface area contributed by atoms with Crippen LogP contribution in [0.4, 0.5) is 5.69 Å². The molecule has 0 fully saturated rings. The highest BCUT2D eigenvalue weighted by molar-refractivity contribution is 7.15. The maximum Gasteiger partial charge on any atom is 0.326 e. The Labute approximate surface area is 123 Å². The van der Waals surface area contributed by atoms with E-state index in [0.717, 1.165) is 4.96 Å². The summed E-state index contributed by atoms with van der Waals surface area (Å²) < 4.78 is 8.18. The lowest BCUT2D eigenvalue weighted by molar-refractivity contribution is -0.145. The minimum atomic E-state index is -0.515. The SMILES string of the molecule is Nc1ccc(=O)n(CC(=O)OCc2cn3ccsc3n2)c1. The number of carbonyl (C=O) groups excluding carboxylic acids is 1. The summed E-state index contributed by atoms with van der Waals surface area (Å²) in [6, 6.07) is 2.80. The van der Waals surface area contributed by atoms with Crippen LogP contribution in [0.1, 0.15) is 5.69 Å². The minimum absolute atomic E-state index is 0.0737. The topological polar surface area (TPSA) is 91.6 Å². The Morgan fingerprint density at radius 1 is 1.38 bits per heavy atom. The summed E-state index contributed by atoms with van der Waals surface area (Å²) in [5.41, 5.74) is 6.35. The number of hydrogen-bond acceptors (Lipinski definition) is 6. The molecule has 0 atom stereocenters. The molecule has 2 N–H and O–H groups in total. The van der Waals surface area contributed by atoms with Gasteiger partial charge in [-0.05, 0) is 6.07 Å². The van der Waals surface area contributed by atoms with E-state index < -0.39 is 5.97 Å². The Morgan fingerprint density at radius 3 is 3.05 bits per heavy atom. The lowest BCUT2D eigenvalue weighted by Gasteiger charge is -2.06. The summed E-state index contributed by atoms with van der Waals surface area (Å²) in [7, 11) is 0. The molecule has 3 aromatic rings. The Bertz CT molecular complexity index is 820. The van der Waals surface area contributed by atoms with Crippen LogP contribution >= 0.6 is 11.3 Å². The molecule has 3 rings (SSSR count). The van der Waals surface area contributed by atoms with Gasteiger partial charge in [0.2, 0.25) is 0 Å². The van der Waals surface area contributed by atoms with Crippen molar-refractivity contribution in [2.75, 3.05) is 5.73 Å². The number of hydrogen-bond donors (Lipinski definition) is 1. The van der Waals surface area contributed by atoms with Gasteiger partial charge in [-0.25, -0.2) is 4.98 Å². The number of carbonyl (C=O) groups is 1. The Morgan fingerprint density at radius 2 is 2.24 bits per heavy atom. The fourth-order valence-electron chi connectivity index (χ4n) is 1.86. The number of anilines is 1. The van der Waals surface area contributed by atoms with Crippen molar-refractivity contribution >= 4 is 28.0 Å². The summed E-state index contributed by atoms with van der Waals surface area (Å²) in [5.74, 6) is -0.515. The molecular weight excluding hydrogens is 292 g/mol. The first-order valence-electron chi connectivity index (χ1n) is 6.14. The molecule has 0 saturated heterocycles. The number of nitrogens with zero attached hydrogens (tertiary/aromatic N) is 3. The lowest BCUT2D eigenvalue weighted by atomic mass is 10.4. The first kappa shape index (κ1) is 13.4. The fraction of sp³-hybridized carbons (Fsp3) is 0.154. The van der Waals surface area contributed by atoms with E-state index in [1.165, 1.54) is 34.2 Å². The number of nitrogen functional groups attached to an aromatic ring is 1. The van der Waals surface area contributed by atoms with Gasteiger partial charge in [0, 0.05) is 35.7 Å². The highest BCUT2D eigenvalue weighted by atomic mass is 32.1. The number of thiazole rings is 1. The van der Waals surface area contributed by atoms with Crippen LogP contribution in [0, 0.1) is 0 Å². The molecule has 3 heterocycles. The molecule has 0 unspecified atom stereocenters. The van der Waals surface area contributed by atoms with Crippen molar-refractivity contribution in [3.63, 3.8) is 0 Å². The van der Waals surface area contributed by atoms with Crippen LogP contribution in [0.25, 0.3) is 4.96 Å². The molecule has 0 aliphatic rings. The van der Waals surface area contributed by atoms with Gasteiger partial charge in [-0.1, -0.05) is 0 Å². The third-order valence-electron chi connectivity index (χ3n) is 2.83. The van der Waals surface area contributed by atoms with E-state index in [2.05, 4.69) is 4.98 Å². The number of esters is 1. The molecule has 0 saturated carbocycles. The maximum atomic E-state index is 11.7. The van der Waals surface area contributed by atoms with Crippen molar-refractivity contribution in [3.05, 3.63) is 52.2 Å². The van der Waals surface area contributed by atoms with E-state index in [9.17, 15) is 9.59 Å². The quantitative estimate of drug-likeness (QED) is 0.723. The van der Waals surface area contributed by atoms with Gasteiger partial charge < -0.3 is 15.0 Å². The molecule has 0 aliphatic heterocycles. The van der Waals surface area contributed by atoms with Crippen LogP contribution in [0.3, 0.4) is 0 Å². The summed E-state index contributed by atoms with van der Waals surface area (Å²) in [4.78, 5) is 28.4. The molecule has 108 valence electrons. The van der Waals surface area contributed by atoms with E-state index >= 15 is 0 Å². The first-order chi connectivity index (χ1) is 10.1. The normalized spacial score (nSPS) is 10.9. The van der Waals surface area contributed by atoms with Crippen LogP contribution in [-0.2, 0) is 22.7 Å².